The zero-order valence-electron chi connectivity index (χ0n) is 14.7. The molecule has 136 valence electrons. The molecule has 1 saturated heterocycles. The molecule has 26 heavy (non-hydrogen) atoms. The average molecular weight is 355 g/mol. The van der Waals surface area contributed by atoms with Crippen LogP contribution in [0.2, 0.25) is 0 Å². The number of carboxylic acids is 1. The van der Waals surface area contributed by atoms with Crippen molar-refractivity contribution in [3.8, 4) is 5.75 Å². The van der Waals surface area contributed by atoms with Gasteiger partial charge in [-0.2, -0.15) is 0 Å². The highest BCUT2D eigenvalue weighted by atomic mass is 19.1. The topological polar surface area (TPSA) is 49.8 Å². The number of hydrogen-bond acceptors (Lipinski definition) is 3. The van der Waals surface area contributed by atoms with Gasteiger partial charge in [-0.15, -0.1) is 0 Å². The van der Waals surface area contributed by atoms with Crippen molar-refractivity contribution in [2.45, 2.75) is 32.4 Å². The van der Waals surface area contributed by atoms with Crippen LogP contribution in [0, 0.1) is 18.7 Å². The zero-order valence-corrected chi connectivity index (χ0v) is 14.7. The third kappa shape index (κ3) is 3.19. The highest BCUT2D eigenvalue weighted by molar-refractivity contribution is 5.71. The number of carboxylic acid groups (broad SMARTS) is 1. The van der Waals surface area contributed by atoms with Gasteiger partial charge in [-0.25, -0.2) is 4.39 Å². The molecule has 4 rings (SSSR count). The monoisotopic (exact) mass is 355 g/mol. The maximum absolute atomic E-state index is 13.9. The van der Waals surface area contributed by atoms with Gasteiger partial charge in [0.25, 0.3) is 0 Å². The number of benzene rings is 2. The molecule has 2 aliphatic rings. The summed E-state index contributed by atoms with van der Waals surface area (Å²) < 4.78 is 19.7. The first-order valence-electron chi connectivity index (χ1n) is 8.99. The lowest BCUT2D eigenvalue weighted by molar-refractivity contribution is -0.148. The van der Waals surface area contributed by atoms with Gasteiger partial charge in [0, 0.05) is 24.7 Å². The standard InChI is InChI=1S/C21H22FNO3/c1-13-2-3-15(19(22)8-13)12-26-17-5-6-18-14(9-17)4-7-20(18)23-10-16(11-23)21(24)25/h2-3,5-6,8-9,16,20H,4,7,10-12H2,1H3,(H,24,25). The Hall–Kier alpha value is -2.40. The van der Waals surface area contributed by atoms with Crippen LogP contribution in [-0.4, -0.2) is 29.1 Å². The second-order valence-corrected chi connectivity index (χ2v) is 7.29. The van der Waals surface area contributed by atoms with Gasteiger partial charge in [-0.3, -0.25) is 9.69 Å². The molecule has 5 heteroatoms. The van der Waals surface area contributed by atoms with Gasteiger partial charge in [0.2, 0.25) is 0 Å². The zero-order chi connectivity index (χ0) is 18.3. The van der Waals surface area contributed by atoms with E-state index < -0.39 is 5.97 Å². The molecule has 0 amide bonds. The Labute approximate surface area is 152 Å². The molecule has 0 bridgehead atoms. The predicted octanol–water partition coefficient (Wildman–Crippen LogP) is 3.72. The first kappa shape index (κ1) is 17.0. The van der Waals surface area contributed by atoms with E-state index in [0.29, 0.717) is 24.7 Å². The largest absolute Gasteiger partial charge is 0.489 e. The third-order valence-electron chi connectivity index (χ3n) is 5.46. The van der Waals surface area contributed by atoms with Crippen LogP contribution in [0.25, 0.3) is 0 Å². The number of aryl methyl sites for hydroxylation is 2. The smallest absolute Gasteiger partial charge is 0.309 e. The highest BCUT2D eigenvalue weighted by Gasteiger charge is 2.39. The number of nitrogens with zero attached hydrogens (tertiary/aromatic N) is 1. The summed E-state index contributed by atoms with van der Waals surface area (Å²) in [5.74, 6) is -0.425. The molecular formula is C21H22FNO3. The lowest BCUT2D eigenvalue weighted by atomic mass is 9.95. The van der Waals surface area contributed by atoms with E-state index in [0.717, 1.165) is 24.2 Å². The number of fused-ring (bicyclic) bond motifs is 1. The normalized spacial score (nSPS) is 19.8. The van der Waals surface area contributed by atoms with Crippen LogP contribution in [0.15, 0.2) is 36.4 Å². The number of ether oxygens (including phenoxy) is 1. The fourth-order valence-electron chi connectivity index (χ4n) is 3.89. The van der Waals surface area contributed by atoms with E-state index >= 15 is 0 Å². The fourth-order valence-corrected chi connectivity index (χ4v) is 3.89. The van der Waals surface area contributed by atoms with Crippen molar-refractivity contribution in [1.82, 2.24) is 4.90 Å². The molecule has 1 atom stereocenters. The molecular weight excluding hydrogens is 333 g/mol. The Bertz CT molecular complexity index is 845. The third-order valence-corrected chi connectivity index (χ3v) is 5.46. The number of likely N-dealkylation sites (tertiary alicyclic amines) is 1. The van der Waals surface area contributed by atoms with E-state index in [1.807, 2.05) is 25.1 Å². The summed E-state index contributed by atoms with van der Waals surface area (Å²) in [5, 5.41) is 9.04. The Morgan fingerprint density at radius 3 is 2.81 bits per heavy atom. The summed E-state index contributed by atoms with van der Waals surface area (Å²) in [6, 6.07) is 11.5. The molecule has 0 spiro atoms. The van der Waals surface area contributed by atoms with Gasteiger partial charge in [0.1, 0.15) is 18.2 Å². The summed E-state index contributed by atoms with van der Waals surface area (Å²) in [5.41, 5.74) is 3.96. The van der Waals surface area contributed by atoms with Gasteiger partial charge in [0.15, 0.2) is 0 Å². The molecule has 1 heterocycles. The van der Waals surface area contributed by atoms with E-state index in [4.69, 9.17) is 9.84 Å². The number of halogens is 1. The van der Waals surface area contributed by atoms with E-state index in [-0.39, 0.29) is 18.3 Å². The van der Waals surface area contributed by atoms with Crippen molar-refractivity contribution in [3.05, 3.63) is 64.5 Å². The highest BCUT2D eigenvalue weighted by Crippen LogP contribution is 2.40. The maximum atomic E-state index is 13.9. The SMILES string of the molecule is Cc1ccc(COc2ccc3c(c2)CCC3N2CC(C(=O)O)C2)c(F)c1. The Morgan fingerprint density at radius 1 is 1.27 bits per heavy atom. The van der Waals surface area contributed by atoms with Crippen LogP contribution in [-0.2, 0) is 17.8 Å². The molecule has 1 aliphatic heterocycles. The van der Waals surface area contributed by atoms with Gasteiger partial charge in [0.05, 0.1) is 5.92 Å². The van der Waals surface area contributed by atoms with E-state index in [1.54, 1.807) is 6.07 Å². The molecule has 2 aromatic carbocycles. The van der Waals surface area contributed by atoms with Gasteiger partial charge < -0.3 is 9.84 Å². The molecule has 0 radical (unpaired) electrons. The van der Waals surface area contributed by atoms with Crippen molar-refractivity contribution in [3.63, 3.8) is 0 Å². The lowest BCUT2D eigenvalue weighted by Gasteiger charge is -2.41. The van der Waals surface area contributed by atoms with Crippen LogP contribution < -0.4 is 4.74 Å². The minimum Gasteiger partial charge on any atom is -0.489 e. The van der Waals surface area contributed by atoms with E-state index in [9.17, 15) is 9.18 Å². The van der Waals surface area contributed by atoms with Crippen LogP contribution in [0.1, 0.15) is 34.7 Å². The molecule has 0 aromatic heterocycles. The molecule has 2 aromatic rings. The Kier molecular flexibility index (Phi) is 4.41. The number of aliphatic carboxylic acids is 1. The summed E-state index contributed by atoms with van der Waals surface area (Å²) in [4.78, 5) is 13.2. The number of hydrogen-bond donors (Lipinski definition) is 1. The summed E-state index contributed by atoms with van der Waals surface area (Å²) in [6.45, 7) is 3.33. The average Bonchev–Trinajstić information content (AvgIpc) is 2.95. The Morgan fingerprint density at radius 2 is 2.08 bits per heavy atom. The van der Waals surface area contributed by atoms with Gasteiger partial charge in [-0.05, 0) is 54.7 Å². The molecule has 1 N–H and O–H groups in total. The van der Waals surface area contributed by atoms with Crippen LogP contribution >= 0.6 is 0 Å². The van der Waals surface area contributed by atoms with Crippen LogP contribution in [0.4, 0.5) is 4.39 Å². The number of carbonyl (C=O) groups is 1. The van der Waals surface area contributed by atoms with Gasteiger partial charge in [-0.1, -0.05) is 18.2 Å². The van der Waals surface area contributed by atoms with Crippen molar-refractivity contribution in [1.29, 1.82) is 0 Å². The molecule has 0 saturated carbocycles. The molecule has 4 nitrogen and oxygen atoms in total. The second-order valence-electron chi connectivity index (χ2n) is 7.29. The molecule has 1 unspecified atom stereocenters. The molecule has 1 fully saturated rings. The van der Waals surface area contributed by atoms with Gasteiger partial charge >= 0.3 is 5.97 Å². The van der Waals surface area contributed by atoms with E-state index in [2.05, 4.69) is 11.0 Å². The summed E-state index contributed by atoms with van der Waals surface area (Å²) in [7, 11) is 0. The quantitative estimate of drug-likeness (QED) is 0.888. The summed E-state index contributed by atoms with van der Waals surface area (Å²) >= 11 is 0. The van der Waals surface area contributed by atoms with E-state index in [1.165, 1.54) is 17.2 Å². The predicted molar refractivity (Wildman–Crippen MR) is 95.7 cm³/mol. The van der Waals surface area contributed by atoms with Crippen molar-refractivity contribution in [2.24, 2.45) is 5.92 Å². The van der Waals surface area contributed by atoms with Crippen molar-refractivity contribution >= 4 is 5.97 Å². The Balaban J connectivity index is 1.41. The minimum atomic E-state index is -0.702. The first-order valence-corrected chi connectivity index (χ1v) is 8.99. The number of rotatable bonds is 5. The lowest BCUT2D eigenvalue weighted by Crippen LogP contribution is -2.51. The van der Waals surface area contributed by atoms with Crippen molar-refractivity contribution < 1.29 is 19.0 Å². The molecule has 1 aliphatic carbocycles. The first-order chi connectivity index (χ1) is 12.5. The van der Waals surface area contributed by atoms with Crippen LogP contribution in [0.5, 0.6) is 5.75 Å². The van der Waals surface area contributed by atoms with Crippen LogP contribution in [0.3, 0.4) is 0 Å². The fraction of sp³-hybridized carbons (Fsp3) is 0.381. The summed E-state index contributed by atoms with van der Waals surface area (Å²) in [6.07, 6.45) is 1.97. The van der Waals surface area contributed by atoms with Crippen molar-refractivity contribution in [2.75, 3.05) is 13.1 Å². The minimum absolute atomic E-state index is 0.209. The maximum Gasteiger partial charge on any atom is 0.309 e. The second kappa shape index (κ2) is 6.72.